The van der Waals surface area contributed by atoms with Gasteiger partial charge < -0.3 is 10.5 Å². The number of aromatic nitrogens is 1. The summed E-state index contributed by atoms with van der Waals surface area (Å²) in [4.78, 5) is 4.06. The van der Waals surface area contributed by atoms with Crippen molar-refractivity contribution >= 4 is 23.2 Å². The predicted octanol–water partition coefficient (Wildman–Crippen LogP) is 3.28. The number of pyridine rings is 1. The highest BCUT2D eigenvalue weighted by atomic mass is 35.5. The van der Waals surface area contributed by atoms with E-state index < -0.39 is 0 Å². The molecule has 1 heterocycles. The number of ether oxygens (including phenoxy) is 1. The van der Waals surface area contributed by atoms with Gasteiger partial charge in [0.25, 0.3) is 0 Å². The first kappa shape index (κ1) is 14.7. The van der Waals surface area contributed by atoms with E-state index in [-0.39, 0.29) is 0 Å². The van der Waals surface area contributed by atoms with E-state index in [1.807, 2.05) is 12.1 Å². The summed E-state index contributed by atoms with van der Waals surface area (Å²) >= 11 is 12.0. The summed E-state index contributed by atoms with van der Waals surface area (Å²) in [6.07, 6.45) is 3.27. The lowest BCUT2D eigenvalue weighted by molar-refractivity contribution is 0.305. The van der Waals surface area contributed by atoms with Gasteiger partial charge in [0, 0.05) is 17.3 Å². The molecule has 0 unspecified atom stereocenters. The van der Waals surface area contributed by atoms with Crippen molar-refractivity contribution in [2.24, 2.45) is 5.73 Å². The van der Waals surface area contributed by atoms with Crippen molar-refractivity contribution < 1.29 is 4.74 Å². The lowest BCUT2D eigenvalue weighted by Gasteiger charge is -2.08. The molecule has 3 nitrogen and oxygen atoms in total. The lowest BCUT2D eigenvalue weighted by Crippen LogP contribution is -1.97. The van der Waals surface area contributed by atoms with Crippen molar-refractivity contribution in [3.8, 4) is 17.6 Å². The van der Waals surface area contributed by atoms with Crippen LogP contribution >= 0.6 is 23.2 Å². The number of rotatable bonds is 3. The highest BCUT2D eigenvalue weighted by molar-refractivity contribution is 6.42. The summed E-state index contributed by atoms with van der Waals surface area (Å²) in [5, 5.41) is 1.01. The van der Waals surface area contributed by atoms with Crippen LogP contribution in [0.4, 0.5) is 0 Å². The Balaban J connectivity index is 2.09. The monoisotopic (exact) mass is 306 g/mol. The van der Waals surface area contributed by atoms with E-state index in [1.165, 1.54) is 0 Å². The number of halogens is 2. The van der Waals surface area contributed by atoms with Gasteiger partial charge in [-0.2, -0.15) is 0 Å². The standard InChI is InChI=1S/C15H12Cl2N2O/c16-14-5-1-4-12(15(14)17)10-20-13-7-11(3-2-6-18)8-19-9-13/h1,4-5,7-9H,6,10,18H2. The molecule has 1 aromatic heterocycles. The lowest BCUT2D eigenvalue weighted by atomic mass is 10.2. The van der Waals surface area contributed by atoms with E-state index in [2.05, 4.69) is 16.8 Å². The van der Waals surface area contributed by atoms with Crippen LogP contribution < -0.4 is 10.5 Å². The zero-order chi connectivity index (χ0) is 14.4. The molecule has 20 heavy (non-hydrogen) atoms. The van der Waals surface area contributed by atoms with Crippen LogP contribution in [0.1, 0.15) is 11.1 Å². The minimum absolute atomic E-state index is 0.309. The first-order valence-electron chi connectivity index (χ1n) is 5.90. The van der Waals surface area contributed by atoms with Crippen LogP contribution in [-0.4, -0.2) is 11.5 Å². The third-order valence-corrected chi connectivity index (χ3v) is 3.33. The predicted molar refractivity (Wildman–Crippen MR) is 81.0 cm³/mol. The summed E-state index contributed by atoms with van der Waals surface area (Å²) < 4.78 is 5.64. The Kier molecular flexibility index (Phi) is 5.25. The summed E-state index contributed by atoms with van der Waals surface area (Å²) in [7, 11) is 0. The Bertz CT molecular complexity index is 662. The van der Waals surface area contributed by atoms with E-state index in [1.54, 1.807) is 24.5 Å². The van der Waals surface area contributed by atoms with E-state index in [4.69, 9.17) is 33.7 Å². The van der Waals surface area contributed by atoms with Crippen molar-refractivity contribution in [2.75, 3.05) is 6.54 Å². The number of benzene rings is 1. The fourth-order valence-electron chi connectivity index (χ4n) is 1.54. The molecular formula is C15H12Cl2N2O. The summed E-state index contributed by atoms with van der Waals surface area (Å²) in [5.74, 6) is 6.28. The average Bonchev–Trinajstić information content (AvgIpc) is 2.47. The molecule has 0 radical (unpaired) electrons. The molecular weight excluding hydrogens is 295 g/mol. The molecule has 0 bridgehead atoms. The molecule has 0 saturated heterocycles. The van der Waals surface area contributed by atoms with Crippen LogP contribution in [-0.2, 0) is 6.61 Å². The van der Waals surface area contributed by atoms with Crippen LogP contribution in [0.15, 0.2) is 36.7 Å². The van der Waals surface area contributed by atoms with Gasteiger partial charge in [-0.05, 0) is 12.1 Å². The first-order chi connectivity index (χ1) is 9.70. The summed E-state index contributed by atoms with van der Waals surface area (Å²) in [6.45, 7) is 0.623. The van der Waals surface area contributed by atoms with E-state index in [9.17, 15) is 0 Å². The van der Waals surface area contributed by atoms with Gasteiger partial charge in [0.2, 0.25) is 0 Å². The van der Waals surface area contributed by atoms with Crippen LogP contribution in [0.25, 0.3) is 0 Å². The third kappa shape index (κ3) is 3.88. The number of hydrogen-bond donors (Lipinski definition) is 1. The molecule has 0 fully saturated rings. The SMILES string of the molecule is NCC#Cc1cncc(OCc2cccc(Cl)c2Cl)c1. The Morgan fingerprint density at radius 3 is 2.90 bits per heavy atom. The molecule has 5 heteroatoms. The average molecular weight is 307 g/mol. The Morgan fingerprint density at radius 2 is 2.10 bits per heavy atom. The van der Waals surface area contributed by atoms with Gasteiger partial charge in [-0.1, -0.05) is 47.2 Å². The molecule has 2 N–H and O–H groups in total. The van der Waals surface area contributed by atoms with E-state index in [0.717, 1.165) is 11.1 Å². The van der Waals surface area contributed by atoms with Crippen LogP contribution in [0.5, 0.6) is 5.75 Å². The number of hydrogen-bond acceptors (Lipinski definition) is 3. The normalized spacial score (nSPS) is 9.75. The van der Waals surface area contributed by atoms with Gasteiger partial charge in [0.1, 0.15) is 12.4 Å². The van der Waals surface area contributed by atoms with Gasteiger partial charge in [-0.3, -0.25) is 4.98 Å². The second kappa shape index (κ2) is 7.16. The largest absolute Gasteiger partial charge is 0.487 e. The maximum atomic E-state index is 6.10. The number of nitrogens with zero attached hydrogens (tertiary/aromatic N) is 1. The van der Waals surface area contributed by atoms with Crippen molar-refractivity contribution in [3.63, 3.8) is 0 Å². The van der Waals surface area contributed by atoms with Gasteiger partial charge >= 0.3 is 0 Å². The molecule has 0 amide bonds. The van der Waals surface area contributed by atoms with Crippen molar-refractivity contribution in [3.05, 3.63) is 57.8 Å². The molecule has 102 valence electrons. The van der Waals surface area contributed by atoms with Crippen molar-refractivity contribution in [1.29, 1.82) is 0 Å². The van der Waals surface area contributed by atoms with E-state index >= 15 is 0 Å². The minimum atomic E-state index is 0.309. The Labute approximate surface area is 127 Å². The molecule has 0 aliphatic carbocycles. The smallest absolute Gasteiger partial charge is 0.139 e. The van der Waals surface area contributed by atoms with E-state index in [0.29, 0.717) is 28.9 Å². The maximum Gasteiger partial charge on any atom is 0.139 e. The Morgan fingerprint density at radius 1 is 1.25 bits per heavy atom. The number of nitrogens with two attached hydrogens (primary N) is 1. The van der Waals surface area contributed by atoms with Crippen molar-refractivity contribution in [1.82, 2.24) is 4.98 Å². The van der Waals surface area contributed by atoms with Crippen LogP contribution in [0, 0.1) is 11.8 Å². The summed E-state index contributed by atoms with van der Waals surface area (Å²) in [5.41, 5.74) is 6.90. The summed E-state index contributed by atoms with van der Waals surface area (Å²) in [6, 6.07) is 7.22. The molecule has 2 rings (SSSR count). The molecule has 0 atom stereocenters. The zero-order valence-corrected chi connectivity index (χ0v) is 12.1. The fraction of sp³-hybridized carbons (Fsp3) is 0.133. The van der Waals surface area contributed by atoms with Crippen LogP contribution in [0.3, 0.4) is 0 Å². The topological polar surface area (TPSA) is 48.1 Å². The highest BCUT2D eigenvalue weighted by Gasteiger charge is 2.05. The van der Waals surface area contributed by atoms with Crippen molar-refractivity contribution in [2.45, 2.75) is 6.61 Å². The second-order valence-electron chi connectivity index (χ2n) is 3.92. The quantitative estimate of drug-likeness (QED) is 0.885. The Hall–Kier alpha value is -1.73. The second-order valence-corrected chi connectivity index (χ2v) is 4.70. The van der Waals surface area contributed by atoms with Crippen LogP contribution in [0.2, 0.25) is 10.0 Å². The third-order valence-electron chi connectivity index (χ3n) is 2.47. The molecule has 2 aromatic rings. The fourth-order valence-corrected chi connectivity index (χ4v) is 1.91. The molecule has 0 aliphatic heterocycles. The maximum absolute atomic E-state index is 6.10. The van der Waals surface area contributed by atoms with Gasteiger partial charge in [-0.15, -0.1) is 0 Å². The first-order valence-corrected chi connectivity index (χ1v) is 6.66. The van der Waals surface area contributed by atoms with Gasteiger partial charge in [-0.25, -0.2) is 0 Å². The molecule has 0 spiro atoms. The minimum Gasteiger partial charge on any atom is -0.487 e. The van der Waals surface area contributed by atoms with Gasteiger partial charge in [0.05, 0.1) is 22.8 Å². The zero-order valence-electron chi connectivity index (χ0n) is 10.6. The highest BCUT2D eigenvalue weighted by Crippen LogP contribution is 2.26. The molecule has 0 saturated carbocycles. The molecule has 0 aliphatic rings. The molecule has 1 aromatic carbocycles. The van der Waals surface area contributed by atoms with Gasteiger partial charge in [0.15, 0.2) is 0 Å².